The Morgan fingerprint density at radius 3 is 2.45 bits per heavy atom. The second kappa shape index (κ2) is 14.9. The highest BCUT2D eigenvalue weighted by Crippen LogP contribution is 2.33. The van der Waals surface area contributed by atoms with Gasteiger partial charge in [0.15, 0.2) is 5.78 Å². The van der Waals surface area contributed by atoms with Crippen molar-refractivity contribution in [3.8, 4) is 0 Å². The summed E-state index contributed by atoms with van der Waals surface area (Å²) in [5.41, 5.74) is 8.59. The molecule has 1 aliphatic rings. The number of hydrogen-bond donors (Lipinski definition) is 0. The van der Waals surface area contributed by atoms with Gasteiger partial charge in [-0.05, 0) is 95.4 Å². The Kier molecular flexibility index (Phi) is 13.1. The number of ketones is 1. The smallest absolute Gasteiger partial charge is 0.161 e. The lowest BCUT2D eigenvalue weighted by atomic mass is 9.85. The minimum absolute atomic E-state index is 0.111. The molecular weight excluding hydrogens is 402 g/mol. The molecule has 184 valence electrons. The number of nitrogens with zero attached hydrogens (tertiary/aromatic N) is 1. The van der Waals surface area contributed by atoms with E-state index in [4.69, 9.17) is 0 Å². The van der Waals surface area contributed by atoms with Crippen molar-refractivity contribution in [1.29, 1.82) is 0 Å². The van der Waals surface area contributed by atoms with E-state index in [2.05, 4.69) is 78.8 Å². The topological polar surface area (TPSA) is 20.3 Å². The van der Waals surface area contributed by atoms with Crippen LogP contribution < -0.4 is 0 Å². The quantitative estimate of drug-likeness (QED) is 0.183. The summed E-state index contributed by atoms with van der Waals surface area (Å²) in [5.74, 6) is 0.446. The van der Waals surface area contributed by atoms with Gasteiger partial charge in [0, 0.05) is 24.4 Å². The van der Waals surface area contributed by atoms with Crippen LogP contribution in [-0.2, 0) is 4.79 Å². The van der Waals surface area contributed by atoms with Crippen LogP contribution in [0.25, 0.3) is 0 Å². The number of rotatable bonds is 15. The van der Waals surface area contributed by atoms with Crippen LogP contribution in [0.15, 0.2) is 70.6 Å². The van der Waals surface area contributed by atoms with Gasteiger partial charge in [-0.1, -0.05) is 69.6 Å². The normalized spacial score (nSPS) is 16.2. The fourth-order valence-electron chi connectivity index (χ4n) is 4.35. The lowest BCUT2D eigenvalue weighted by Gasteiger charge is -2.30. The summed E-state index contributed by atoms with van der Waals surface area (Å²) in [5, 5.41) is 0. The summed E-state index contributed by atoms with van der Waals surface area (Å²) >= 11 is 0. The number of hydrogen-bond acceptors (Lipinski definition) is 2. The van der Waals surface area contributed by atoms with Crippen molar-refractivity contribution in [2.75, 3.05) is 7.05 Å². The minimum atomic E-state index is 0.111. The van der Waals surface area contributed by atoms with Gasteiger partial charge in [0.25, 0.3) is 0 Å². The number of Topliss-reactive ketones (excluding diaryl/α,β-unsaturated/α-hetero) is 1. The molecule has 0 radical (unpaired) electrons. The molecule has 1 rings (SSSR count). The van der Waals surface area contributed by atoms with Crippen molar-refractivity contribution in [1.82, 2.24) is 4.90 Å². The summed E-state index contributed by atoms with van der Waals surface area (Å²) in [4.78, 5) is 15.3. The second-order valence-corrected chi connectivity index (χ2v) is 9.77. The zero-order valence-electron chi connectivity index (χ0n) is 22.7. The van der Waals surface area contributed by atoms with Crippen LogP contribution >= 0.6 is 0 Å². The Morgan fingerprint density at radius 2 is 1.85 bits per heavy atom. The number of unbranched alkanes of at least 4 members (excludes halogenated alkanes) is 3. The van der Waals surface area contributed by atoms with Gasteiger partial charge >= 0.3 is 0 Å². The molecule has 1 unspecified atom stereocenters. The highest BCUT2D eigenvalue weighted by molar-refractivity contribution is 5.97. The van der Waals surface area contributed by atoms with Gasteiger partial charge in [-0.15, -0.1) is 0 Å². The first kappa shape index (κ1) is 28.9. The van der Waals surface area contributed by atoms with Crippen LogP contribution in [0.1, 0.15) is 106 Å². The number of likely N-dealkylation sites (N-methyl/N-ethyl adjacent to an activating group) is 1. The fourth-order valence-corrected chi connectivity index (χ4v) is 4.35. The molecule has 0 fully saturated rings. The number of allylic oxidation sites excluding steroid dienone is 8. The molecule has 0 N–H and O–H groups in total. The van der Waals surface area contributed by atoms with Crippen molar-refractivity contribution in [2.24, 2.45) is 5.92 Å². The van der Waals surface area contributed by atoms with Gasteiger partial charge in [0.2, 0.25) is 0 Å². The predicted molar refractivity (Wildman–Crippen MR) is 146 cm³/mol. The molecular formula is C31H49NO. The second-order valence-electron chi connectivity index (χ2n) is 9.77. The van der Waals surface area contributed by atoms with E-state index in [0.29, 0.717) is 5.78 Å². The summed E-state index contributed by atoms with van der Waals surface area (Å²) < 4.78 is 0. The third kappa shape index (κ3) is 8.99. The molecule has 1 aliphatic carbocycles. The molecule has 0 aliphatic heterocycles. The zero-order valence-corrected chi connectivity index (χ0v) is 22.7. The maximum absolute atomic E-state index is 13.1. The Hall–Kier alpha value is -2.09. The van der Waals surface area contributed by atoms with E-state index >= 15 is 0 Å². The number of carbonyl (C=O) groups excluding carboxylic acids is 1. The van der Waals surface area contributed by atoms with Crippen LogP contribution in [0.2, 0.25) is 0 Å². The maximum atomic E-state index is 13.1. The van der Waals surface area contributed by atoms with Crippen molar-refractivity contribution in [3.63, 3.8) is 0 Å². The Morgan fingerprint density at radius 1 is 1.15 bits per heavy atom. The largest absolute Gasteiger partial charge is 0.345 e. The van der Waals surface area contributed by atoms with E-state index < -0.39 is 0 Å². The van der Waals surface area contributed by atoms with E-state index in [1.54, 1.807) is 0 Å². The minimum Gasteiger partial charge on any atom is -0.345 e. The molecule has 0 amide bonds. The van der Waals surface area contributed by atoms with E-state index in [9.17, 15) is 4.79 Å². The van der Waals surface area contributed by atoms with Gasteiger partial charge in [0.05, 0.1) is 0 Å². The summed E-state index contributed by atoms with van der Waals surface area (Å²) in [6.45, 7) is 21.0. The summed E-state index contributed by atoms with van der Waals surface area (Å²) in [7, 11) is 2.10. The monoisotopic (exact) mass is 451 g/mol. The zero-order chi connectivity index (χ0) is 25.0. The first-order valence-electron chi connectivity index (χ1n) is 13.0. The predicted octanol–water partition coefficient (Wildman–Crippen LogP) is 9.24. The van der Waals surface area contributed by atoms with Crippen LogP contribution in [0.5, 0.6) is 0 Å². The molecule has 1 atom stereocenters. The average Bonchev–Trinajstić information content (AvgIpc) is 2.84. The third-order valence-corrected chi connectivity index (χ3v) is 7.29. The summed E-state index contributed by atoms with van der Waals surface area (Å²) in [6, 6.07) is 0. The molecule has 2 heteroatoms. The van der Waals surface area contributed by atoms with Gasteiger partial charge in [-0.25, -0.2) is 0 Å². The lowest BCUT2D eigenvalue weighted by Crippen LogP contribution is -2.23. The van der Waals surface area contributed by atoms with E-state index in [1.165, 1.54) is 47.3 Å². The Balaban J connectivity index is 3.01. The first-order chi connectivity index (χ1) is 15.7. The Labute approximate surface area is 204 Å². The molecule has 0 spiro atoms. The van der Waals surface area contributed by atoms with Crippen LogP contribution in [0, 0.1) is 5.92 Å². The molecule has 0 saturated heterocycles. The van der Waals surface area contributed by atoms with Gasteiger partial charge in [0.1, 0.15) is 0 Å². The van der Waals surface area contributed by atoms with Crippen molar-refractivity contribution >= 4 is 5.78 Å². The van der Waals surface area contributed by atoms with Crippen molar-refractivity contribution < 1.29 is 4.79 Å². The first-order valence-corrected chi connectivity index (χ1v) is 13.0. The number of carbonyl (C=O) groups is 1. The maximum Gasteiger partial charge on any atom is 0.161 e. The highest BCUT2D eigenvalue weighted by Gasteiger charge is 2.24. The van der Waals surface area contributed by atoms with Crippen molar-refractivity contribution in [2.45, 2.75) is 106 Å². The molecule has 0 saturated carbocycles. The van der Waals surface area contributed by atoms with Crippen LogP contribution in [0.4, 0.5) is 0 Å². The fraction of sp³-hybridized carbons (Fsp3) is 0.581. The lowest BCUT2D eigenvalue weighted by molar-refractivity contribution is -0.119. The molecule has 0 aromatic rings. The van der Waals surface area contributed by atoms with E-state index in [-0.39, 0.29) is 5.92 Å². The molecule has 2 nitrogen and oxygen atoms in total. The average molecular weight is 452 g/mol. The van der Waals surface area contributed by atoms with Gasteiger partial charge in [-0.3, -0.25) is 4.79 Å². The Bertz CT molecular complexity index is 818. The standard InChI is InChI=1S/C31H49NO/c1-10-13-17-26(7)31(33)29-21-20-28(19-16-14-15-18-25(6)23(4)11-2)30(22-29)32(9)27(8)24(5)12-3/h11-12,22,26H,2,8,10,13-21H2,1,3-7,9H3. The van der Waals surface area contributed by atoms with Crippen LogP contribution in [-0.4, -0.2) is 17.7 Å². The summed E-state index contributed by atoms with van der Waals surface area (Å²) in [6.07, 6.45) is 17.2. The third-order valence-electron chi connectivity index (χ3n) is 7.29. The SMILES string of the molecule is C=CC(C)=C(C)CCCCCC1=C(N(C)C(=C)C(C)=CC)C=C(C(=O)C(C)CCCC)CC1. The van der Waals surface area contributed by atoms with E-state index in [1.807, 2.05) is 6.08 Å². The molecule has 0 bridgehead atoms. The van der Waals surface area contributed by atoms with Crippen molar-refractivity contribution in [3.05, 3.63) is 70.6 Å². The van der Waals surface area contributed by atoms with E-state index in [0.717, 1.165) is 56.2 Å². The molecule has 0 aromatic carbocycles. The van der Waals surface area contributed by atoms with Gasteiger partial charge in [-0.2, -0.15) is 0 Å². The molecule has 33 heavy (non-hydrogen) atoms. The molecule has 0 aromatic heterocycles. The molecule has 0 heterocycles. The van der Waals surface area contributed by atoms with Crippen LogP contribution in [0.3, 0.4) is 0 Å². The highest BCUT2D eigenvalue weighted by atomic mass is 16.1. The van der Waals surface area contributed by atoms with Gasteiger partial charge < -0.3 is 4.90 Å².